The van der Waals surface area contributed by atoms with Crippen molar-refractivity contribution in [2.75, 3.05) is 6.79 Å². The van der Waals surface area contributed by atoms with E-state index in [-0.39, 0.29) is 19.2 Å². The molecule has 1 aliphatic heterocycles. The number of aromatic nitrogens is 2. The average Bonchev–Trinajstić information content (AvgIpc) is 3.39. The van der Waals surface area contributed by atoms with Crippen molar-refractivity contribution < 1.29 is 19.1 Å². The molecule has 2 amide bonds. The highest BCUT2D eigenvalue weighted by molar-refractivity contribution is 5.93. The van der Waals surface area contributed by atoms with E-state index in [1.807, 2.05) is 34.9 Å². The Balaban J connectivity index is 1.35. The van der Waals surface area contributed by atoms with E-state index in [9.17, 15) is 9.59 Å². The zero-order valence-electron chi connectivity index (χ0n) is 17.3. The fourth-order valence-corrected chi connectivity index (χ4v) is 3.37. The summed E-state index contributed by atoms with van der Waals surface area (Å²) in [5.74, 6) is 1.42. The first-order valence-corrected chi connectivity index (χ1v) is 10.2. The topological polar surface area (TPSA) is 94.5 Å². The molecule has 0 spiro atoms. The van der Waals surface area contributed by atoms with Gasteiger partial charge in [-0.2, -0.15) is 0 Å². The number of imidazole rings is 1. The number of nitrogens with one attached hydrogen (secondary N) is 2. The summed E-state index contributed by atoms with van der Waals surface area (Å²) in [5.41, 5.74) is 7.42. The highest BCUT2D eigenvalue weighted by Crippen LogP contribution is 2.32. The monoisotopic (exact) mass is 420 g/mol. The Labute approximate surface area is 179 Å². The number of benzene rings is 2. The summed E-state index contributed by atoms with van der Waals surface area (Å²) in [4.78, 5) is 29.2. The highest BCUT2D eigenvalue weighted by Gasteiger charge is 2.14. The lowest BCUT2D eigenvalue weighted by molar-refractivity contribution is -0.127. The first-order valence-electron chi connectivity index (χ1n) is 10.2. The maximum absolute atomic E-state index is 12.5. The lowest BCUT2D eigenvalue weighted by Crippen LogP contribution is -2.42. The first-order chi connectivity index (χ1) is 15.1. The molecule has 2 N–H and O–H groups in total. The van der Waals surface area contributed by atoms with Crippen molar-refractivity contribution in [3.05, 3.63) is 59.9 Å². The van der Waals surface area contributed by atoms with Gasteiger partial charge in [0, 0.05) is 12.5 Å². The fraction of sp³-hybridized carbons (Fsp3) is 0.261. The van der Waals surface area contributed by atoms with Crippen LogP contribution in [0.15, 0.2) is 48.5 Å². The minimum atomic E-state index is -0.437. The molecular weight excluding hydrogens is 396 g/mol. The van der Waals surface area contributed by atoms with E-state index in [1.165, 1.54) is 6.08 Å². The van der Waals surface area contributed by atoms with Gasteiger partial charge in [-0.3, -0.25) is 20.4 Å². The van der Waals surface area contributed by atoms with E-state index >= 15 is 0 Å². The number of amides is 2. The van der Waals surface area contributed by atoms with Gasteiger partial charge in [0.25, 0.3) is 11.8 Å². The highest BCUT2D eigenvalue weighted by atomic mass is 16.7. The number of fused-ring (bicyclic) bond motifs is 2. The number of para-hydroxylation sites is 2. The molecule has 160 valence electrons. The van der Waals surface area contributed by atoms with Crippen molar-refractivity contribution in [2.24, 2.45) is 0 Å². The van der Waals surface area contributed by atoms with Gasteiger partial charge in [0.2, 0.25) is 6.79 Å². The summed E-state index contributed by atoms with van der Waals surface area (Å²) in [7, 11) is 0. The van der Waals surface area contributed by atoms with Crippen LogP contribution in [0.5, 0.6) is 11.5 Å². The number of carbonyl (C=O) groups excluding carboxylic acids is 2. The van der Waals surface area contributed by atoms with E-state index in [1.54, 1.807) is 18.2 Å². The van der Waals surface area contributed by atoms with Gasteiger partial charge in [-0.1, -0.05) is 31.5 Å². The number of hydrazine groups is 1. The third-order valence-corrected chi connectivity index (χ3v) is 4.94. The Morgan fingerprint density at radius 1 is 1.13 bits per heavy atom. The molecule has 2 aromatic carbocycles. The molecule has 8 heteroatoms. The normalized spacial score (nSPS) is 12.4. The molecule has 8 nitrogen and oxygen atoms in total. The number of nitrogens with zero attached hydrogens (tertiary/aromatic N) is 2. The summed E-state index contributed by atoms with van der Waals surface area (Å²) < 4.78 is 12.5. The second-order valence-corrected chi connectivity index (χ2v) is 7.19. The third-order valence-electron chi connectivity index (χ3n) is 4.94. The Morgan fingerprint density at radius 2 is 1.97 bits per heavy atom. The molecule has 0 saturated heterocycles. The van der Waals surface area contributed by atoms with Crippen LogP contribution in [0.25, 0.3) is 17.1 Å². The molecule has 0 radical (unpaired) electrons. The summed E-state index contributed by atoms with van der Waals surface area (Å²) >= 11 is 0. The van der Waals surface area contributed by atoms with E-state index in [2.05, 4.69) is 22.8 Å². The van der Waals surface area contributed by atoms with Gasteiger partial charge in [0.15, 0.2) is 11.5 Å². The molecule has 0 aliphatic carbocycles. The number of hydrogen-bond acceptors (Lipinski definition) is 5. The SMILES string of the molecule is CCCCc1nc2ccccc2n1CC(=O)NNC(=O)/C=C/c1ccc2c(c1)OCO2. The molecule has 31 heavy (non-hydrogen) atoms. The van der Waals surface area contributed by atoms with E-state index in [4.69, 9.17) is 9.47 Å². The summed E-state index contributed by atoms with van der Waals surface area (Å²) in [6.07, 6.45) is 5.81. The summed E-state index contributed by atoms with van der Waals surface area (Å²) in [6, 6.07) is 13.1. The van der Waals surface area contributed by atoms with Crippen LogP contribution in [0.2, 0.25) is 0 Å². The Kier molecular flexibility index (Phi) is 6.16. The zero-order valence-corrected chi connectivity index (χ0v) is 17.3. The van der Waals surface area contributed by atoms with E-state index in [0.717, 1.165) is 41.7 Å². The second-order valence-electron chi connectivity index (χ2n) is 7.19. The summed E-state index contributed by atoms with van der Waals surface area (Å²) in [6.45, 7) is 2.39. The number of carbonyl (C=O) groups is 2. The van der Waals surface area contributed by atoms with Crippen LogP contribution in [0, 0.1) is 0 Å². The Morgan fingerprint density at radius 3 is 2.84 bits per heavy atom. The van der Waals surface area contributed by atoms with Gasteiger partial charge in [-0.15, -0.1) is 0 Å². The van der Waals surface area contributed by atoms with Gasteiger partial charge < -0.3 is 14.0 Å². The molecule has 0 atom stereocenters. The quantitative estimate of drug-likeness (QED) is 0.453. The van der Waals surface area contributed by atoms with Crippen molar-refractivity contribution in [1.29, 1.82) is 0 Å². The molecule has 3 aromatic rings. The van der Waals surface area contributed by atoms with Crippen LogP contribution in [0.4, 0.5) is 0 Å². The lowest BCUT2D eigenvalue weighted by Gasteiger charge is -2.10. The third kappa shape index (κ3) is 4.85. The van der Waals surface area contributed by atoms with Crippen LogP contribution in [-0.2, 0) is 22.6 Å². The molecule has 0 fully saturated rings. The van der Waals surface area contributed by atoms with Crippen molar-refractivity contribution >= 4 is 28.9 Å². The molecule has 0 bridgehead atoms. The summed E-state index contributed by atoms with van der Waals surface area (Å²) in [5, 5.41) is 0. The number of unbranched alkanes of at least 4 members (excludes halogenated alkanes) is 1. The predicted octanol–water partition coefficient (Wildman–Crippen LogP) is 2.97. The molecule has 0 saturated carbocycles. The molecule has 0 unspecified atom stereocenters. The predicted molar refractivity (Wildman–Crippen MR) is 116 cm³/mol. The Bertz CT molecular complexity index is 1140. The maximum atomic E-state index is 12.5. The van der Waals surface area contributed by atoms with Crippen LogP contribution < -0.4 is 20.3 Å². The van der Waals surface area contributed by atoms with Crippen molar-refractivity contribution in [1.82, 2.24) is 20.4 Å². The van der Waals surface area contributed by atoms with Crippen LogP contribution in [-0.4, -0.2) is 28.2 Å². The number of aryl methyl sites for hydroxylation is 1. The van der Waals surface area contributed by atoms with Gasteiger partial charge >= 0.3 is 0 Å². The lowest BCUT2D eigenvalue weighted by atomic mass is 10.2. The molecule has 1 aromatic heterocycles. The minimum absolute atomic E-state index is 0.0751. The molecule has 4 rings (SSSR count). The van der Waals surface area contributed by atoms with Crippen LogP contribution >= 0.6 is 0 Å². The van der Waals surface area contributed by atoms with E-state index in [0.29, 0.717) is 11.5 Å². The molecular formula is C23H24N4O4. The first kappa shape index (κ1) is 20.5. The second kappa shape index (κ2) is 9.34. The largest absolute Gasteiger partial charge is 0.454 e. The number of hydrogen-bond donors (Lipinski definition) is 2. The number of rotatable bonds is 7. The maximum Gasteiger partial charge on any atom is 0.262 e. The van der Waals surface area contributed by atoms with Crippen LogP contribution in [0.1, 0.15) is 31.2 Å². The van der Waals surface area contributed by atoms with Gasteiger partial charge in [-0.25, -0.2) is 4.98 Å². The average molecular weight is 420 g/mol. The van der Waals surface area contributed by atoms with Gasteiger partial charge in [0.05, 0.1) is 11.0 Å². The van der Waals surface area contributed by atoms with E-state index < -0.39 is 5.91 Å². The van der Waals surface area contributed by atoms with Crippen molar-refractivity contribution in [3.63, 3.8) is 0 Å². The van der Waals surface area contributed by atoms with Gasteiger partial charge in [0.1, 0.15) is 12.4 Å². The molecule has 2 heterocycles. The van der Waals surface area contributed by atoms with Gasteiger partial charge in [-0.05, 0) is 42.3 Å². The molecule has 1 aliphatic rings. The fourth-order valence-electron chi connectivity index (χ4n) is 3.37. The Hall–Kier alpha value is -3.81. The smallest absolute Gasteiger partial charge is 0.262 e. The standard InChI is InChI=1S/C23H24N4O4/c1-2-3-8-21-24-17-6-4-5-7-18(17)27(21)14-23(29)26-25-22(28)12-10-16-9-11-19-20(13-16)31-15-30-19/h4-7,9-13H,2-3,8,14-15H2,1H3,(H,25,28)(H,26,29)/b12-10+. The minimum Gasteiger partial charge on any atom is -0.454 e. The van der Waals surface area contributed by atoms with Crippen molar-refractivity contribution in [2.45, 2.75) is 32.7 Å². The number of ether oxygens (including phenoxy) is 2. The van der Waals surface area contributed by atoms with Crippen LogP contribution in [0.3, 0.4) is 0 Å². The van der Waals surface area contributed by atoms with Crippen molar-refractivity contribution in [3.8, 4) is 11.5 Å². The zero-order chi connectivity index (χ0) is 21.6.